The summed E-state index contributed by atoms with van der Waals surface area (Å²) in [7, 11) is 0. The molecule has 1 unspecified atom stereocenters. The van der Waals surface area contributed by atoms with Crippen molar-refractivity contribution in [2.75, 3.05) is 0 Å². The zero-order chi connectivity index (χ0) is 17.6. The number of aromatic hydroxyl groups is 3. The van der Waals surface area contributed by atoms with E-state index in [0.717, 1.165) is 26.5 Å². The number of phenolic OH excluding ortho intramolecular Hbond substituents is 3. The van der Waals surface area contributed by atoms with Crippen LogP contribution < -0.4 is 25.9 Å². The molecule has 5 heteroatoms. The zero-order valence-electron chi connectivity index (χ0n) is 13.6. The molecule has 0 saturated heterocycles. The molecular weight excluding hydrogens is 431 g/mol. The summed E-state index contributed by atoms with van der Waals surface area (Å²) < 4.78 is 7.24. The summed E-state index contributed by atoms with van der Waals surface area (Å²) in [5.41, 5.74) is 1.23. The van der Waals surface area contributed by atoms with E-state index in [4.69, 9.17) is 4.74 Å². The number of alkyl halides is 1. The monoisotopic (exact) mass is 449 g/mol. The SMILES string of the molecule is C[C@@H]1CC([I-]c2cc(O)c(O)c(O)c2)Oc2c1ccc1ccccc21. The van der Waals surface area contributed by atoms with Gasteiger partial charge in [-0.15, -0.1) is 0 Å². The second-order valence-corrected chi connectivity index (χ2v) is 9.53. The molecule has 2 atom stereocenters. The van der Waals surface area contributed by atoms with Gasteiger partial charge in [0.25, 0.3) is 0 Å². The van der Waals surface area contributed by atoms with Crippen LogP contribution in [0.5, 0.6) is 23.0 Å². The van der Waals surface area contributed by atoms with Crippen molar-refractivity contribution in [2.45, 2.75) is 23.4 Å². The molecule has 3 aromatic carbocycles. The van der Waals surface area contributed by atoms with Crippen molar-refractivity contribution in [3.05, 3.63) is 57.7 Å². The average Bonchev–Trinajstić information content (AvgIpc) is 2.59. The van der Waals surface area contributed by atoms with Crippen LogP contribution in [0.25, 0.3) is 10.8 Å². The minimum absolute atomic E-state index is 0.0513. The van der Waals surface area contributed by atoms with E-state index in [0.29, 0.717) is 5.92 Å². The normalized spacial score (nSPS) is 19.6. The van der Waals surface area contributed by atoms with E-state index in [-0.39, 0.29) is 15.6 Å². The van der Waals surface area contributed by atoms with Gasteiger partial charge in [0.1, 0.15) is 0 Å². The molecular formula is C20H18IO4-. The van der Waals surface area contributed by atoms with Gasteiger partial charge >= 0.3 is 156 Å². The van der Waals surface area contributed by atoms with Gasteiger partial charge in [-0.3, -0.25) is 0 Å². The van der Waals surface area contributed by atoms with Gasteiger partial charge in [-0.05, 0) is 0 Å². The van der Waals surface area contributed by atoms with Gasteiger partial charge < -0.3 is 0 Å². The van der Waals surface area contributed by atoms with Gasteiger partial charge in [0.05, 0.1) is 0 Å². The van der Waals surface area contributed by atoms with Gasteiger partial charge in [-0.2, -0.15) is 0 Å². The molecule has 3 N–H and O–H groups in total. The van der Waals surface area contributed by atoms with Crippen LogP contribution >= 0.6 is 0 Å². The topological polar surface area (TPSA) is 69.9 Å². The maximum atomic E-state index is 9.73. The Morgan fingerprint density at radius 1 is 1.00 bits per heavy atom. The van der Waals surface area contributed by atoms with E-state index < -0.39 is 27.0 Å². The Kier molecular flexibility index (Phi) is 4.11. The van der Waals surface area contributed by atoms with Gasteiger partial charge in [-0.1, -0.05) is 0 Å². The first-order valence-corrected chi connectivity index (χ1v) is 10.4. The first kappa shape index (κ1) is 16.3. The molecule has 0 bridgehead atoms. The van der Waals surface area contributed by atoms with E-state index in [1.54, 1.807) is 0 Å². The van der Waals surface area contributed by atoms with Gasteiger partial charge in [0.15, 0.2) is 0 Å². The number of benzene rings is 3. The maximum absolute atomic E-state index is 9.73. The number of rotatable bonds is 2. The van der Waals surface area contributed by atoms with Crippen LogP contribution in [0.3, 0.4) is 0 Å². The van der Waals surface area contributed by atoms with E-state index in [1.807, 2.05) is 12.1 Å². The van der Waals surface area contributed by atoms with Crippen molar-refractivity contribution < 1.29 is 41.3 Å². The Hall–Kier alpha value is -2.15. The molecule has 0 spiro atoms. The summed E-state index contributed by atoms with van der Waals surface area (Å²) in [6, 6.07) is 15.5. The van der Waals surface area contributed by atoms with E-state index in [2.05, 4.69) is 31.2 Å². The quantitative estimate of drug-likeness (QED) is 0.312. The summed E-state index contributed by atoms with van der Waals surface area (Å²) >= 11 is -0.604. The summed E-state index contributed by atoms with van der Waals surface area (Å²) in [5, 5.41) is 31.2. The predicted octanol–water partition coefficient (Wildman–Crippen LogP) is 1.13. The molecule has 3 aromatic rings. The van der Waals surface area contributed by atoms with Crippen LogP contribution in [-0.4, -0.2) is 19.4 Å². The molecule has 0 fully saturated rings. The number of phenols is 3. The summed E-state index contributed by atoms with van der Waals surface area (Å²) in [5.74, 6) is 0.294. The van der Waals surface area contributed by atoms with Gasteiger partial charge in [0, 0.05) is 0 Å². The van der Waals surface area contributed by atoms with Crippen molar-refractivity contribution in [1.82, 2.24) is 0 Å². The number of hydrogen-bond donors (Lipinski definition) is 3. The van der Waals surface area contributed by atoms with Crippen LogP contribution in [0.15, 0.2) is 48.5 Å². The minimum atomic E-state index is -0.604. The third kappa shape index (κ3) is 2.97. The molecule has 4 nitrogen and oxygen atoms in total. The molecule has 0 aliphatic carbocycles. The van der Waals surface area contributed by atoms with Crippen LogP contribution in [0.2, 0.25) is 0 Å². The van der Waals surface area contributed by atoms with Gasteiger partial charge in [-0.25, -0.2) is 0 Å². The number of hydrogen-bond acceptors (Lipinski definition) is 4. The Labute approximate surface area is 156 Å². The molecule has 0 amide bonds. The van der Waals surface area contributed by atoms with Crippen LogP contribution in [0.1, 0.15) is 24.8 Å². The van der Waals surface area contributed by atoms with Crippen molar-refractivity contribution in [3.8, 4) is 23.0 Å². The van der Waals surface area contributed by atoms with Crippen LogP contribution in [0, 0.1) is 3.57 Å². The number of fused-ring (bicyclic) bond motifs is 3. The Bertz CT molecular complexity index is 931. The zero-order valence-corrected chi connectivity index (χ0v) is 15.8. The molecule has 25 heavy (non-hydrogen) atoms. The van der Waals surface area contributed by atoms with Crippen LogP contribution in [0.4, 0.5) is 0 Å². The first-order chi connectivity index (χ1) is 12.0. The van der Waals surface area contributed by atoms with Crippen molar-refractivity contribution in [1.29, 1.82) is 0 Å². The standard InChI is InChI=1S/C20H18IO4/c1-11-8-18(21-13-9-16(22)19(24)17(23)10-13)25-20-14(11)7-6-12-4-2-3-5-15(12)20/h2-7,9-11,18,22-24H,8H2,1H3/q-1/t11-,18?/m1/s1. The number of ether oxygens (including phenoxy) is 1. The average molecular weight is 449 g/mol. The fourth-order valence-electron chi connectivity index (χ4n) is 3.20. The Morgan fingerprint density at radius 2 is 1.72 bits per heavy atom. The van der Waals surface area contributed by atoms with E-state index >= 15 is 0 Å². The third-order valence-electron chi connectivity index (χ3n) is 4.51. The predicted molar refractivity (Wildman–Crippen MR) is 91.5 cm³/mol. The molecule has 0 aromatic heterocycles. The van der Waals surface area contributed by atoms with E-state index in [9.17, 15) is 15.3 Å². The molecule has 130 valence electrons. The fraction of sp³-hybridized carbons (Fsp3) is 0.200. The molecule has 4 rings (SSSR count). The molecule has 1 aliphatic rings. The first-order valence-electron chi connectivity index (χ1n) is 8.09. The Balaban J connectivity index is 1.68. The summed E-state index contributed by atoms with van der Waals surface area (Å²) in [6.45, 7) is 2.21. The molecule has 1 heterocycles. The van der Waals surface area contributed by atoms with Crippen molar-refractivity contribution in [2.24, 2.45) is 0 Å². The molecule has 0 saturated carbocycles. The molecule has 1 aliphatic heterocycles. The Morgan fingerprint density at radius 3 is 2.48 bits per heavy atom. The van der Waals surface area contributed by atoms with Crippen molar-refractivity contribution >= 4 is 10.8 Å². The second kappa shape index (κ2) is 6.29. The molecule has 0 radical (unpaired) electrons. The van der Waals surface area contributed by atoms with Gasteiger partial charge in [0.2, 0.25) is 0 Å². The second-order valence-electron chi connectivity index (χ2n) is 6.27. The van der Waals surface area contributed by atoms with Crippen molar-refractivity contribution in [3.63, 3.8) is 0 Å². The number of halogens is 1. The van der Waals surface area contributed by atoms with E-state index in [1.165, 1.54) is 17.7 Å². The summed E-state index contributed by atoms with van der Waals surface area (Å²) in [4.78, 5) is 0. The fourth-order valence-corrected chi connectivity index (χ4v) is 6.35. The van der Waals surface area contributed by atoms with Crippen LogP contribution in [-0.2, 0) is 0 Å². The summed E-state index contributed by atoms with van der Waals surface area (Å²) in [6.07, 6.45) is 0.904. The third-order valence-corrected chi connectivity index (χ3v) is 7.31.